The first-order valence-corrected chi connectivity index (χ1v) is 14.8. The van der Waals surface area contributed by atoms with Crippen LogP contribution >= 0.6 is 0 Å². The number of urea groups is 1. The lowest BCUT2D eigenvalue weighted by molar-refractivity contribution is 0.102. The Morgan fingerprint density at radius 3 is 2.24 bits per heavy atom. The first-order chi connectivity index (χ1) is 20.2. The molecule has 4 aromatic carbocycles. The van der Waals surface area contributed by atoms with Crippen LogP contribution in [-0.4, -0.2) is 37.0 Å². The second-order valence-corrected chi connectivity index (χ2v) is 11.3. The monoisotopic (exact) mass is 582 g/mol. The molecule has 0 saturated carbocycles. The molecule has 214 valence electrons. The summed E-state index contributed by atoms with van der Waals surface area (Å²) in [5.41, 5.74) is 3.25. The van der Waals surface area contributed by atoms with Gasteiger partial charge in [0.05, 0.1) is 15.9 Å². The van der Waals surface area contributed by atoms with Gasteiger partial charge in [0.1, 0.15) is 0 Å². The third-order valence-electron chi connectivity index (χ3n) is 6.55. The molecule has 3 amide bonds. The smallest absolute Gasteiger partial charge is 0.310 e. The van der Waals surface area contributed by atoms with Gasteiger partial charge < -0.3 is 9.88 Å². The highest BCUT2D eigenvalue weighted by Crippen LogP contribution is 2.26. The number of fused-ring (bicyclic) bond motifs is 1. The summed E-state index contributed by atoms with van der Waals surface area (Å²) >= 11 is 0. The van der Waals surface area contributed by atoms with Gasteiger partial charge in [-0.15, -0.1) is 0 Å². The van der Waals surface area contributed by atoms with Gasteiger partial charge in [-0.1, -0.05) is 49.4 Å². The maximum Gasteiger partial charge on any atom is 0.326 e. The minimum Gasteiger partial charge on any atom is -0.310 e. The summed E-state index contributed by atoms with van der Waals surface area (Å²) < 4.78 is 29.9. The van der Waals surface area contributed by atoms with E-state index in [1.54, 1.807) is 49.5 Å². The second-order valence-electron chi connectivity index (χ2n) is 9.57. The topological polar surface area (TPSA) is 125 Å². The van der Waals surface area contributed by atoms with Crippen LogP contribution in [0.15, 0.2) is 108 Å². The molecule has 42 heavy (non-hydrogen) atoms. The third-order valence-corrected chi connectivity index (χ3v) is 7.95. The highest BCUT2D eigenvalue weighted by Gasteiger charge is 2.19. The van der Waals surface area contributed by atoms with E-state index in [4.69, 9.17) is 0 Å². The quantitative estimate of drug-likeness (QED) is 0.192. The molecule has 0 atom stereocenters. The second kappa shape index (κ2) is 12.1. The number of sulfonamides is 1. The van der Waals surface area contributed by atoms with E-state index in [2.05, 4.69) is 20.3 Å². The zero-order valence-corrected chi connectivity index (χ0v) is 23.9. The SMILES string of the molecule is CCCn1c(NC(=O)c2cccc(NS(=O)(=O)c3ccccc3)c2)nc2cc(N(C)C(=O)Nc3ccccc3)ccc21. The fourth-order valence-electron chi connectivity index (χ4n) is 4.43. The van der Waals surface area contributed by atoms with Crippen LogP contribution in [0.2, 0.25) is 0 Å². The van der Waals surface area contributed by atoms with Crippen LogP contribution in [-0.2, 0) is 16.6 Å². The van der Waals surface area contributed by atoms with Gasteiger partial charge in [0.25, 0.3) is 15.9 Å². The molecule has 0 spiro atoms. The molecule has 0 bridgehead atoms. The lowest BCUT2D eigenvalue weighted by Gasteiger charge is -2.18. The van der Waals surface area contributed by atoms with Crippen molar-refractivity contribution >= 4 is 56.0 Å². The summed E-state index contributed by atoms with van der Waals surface area (Å²) in [5, 5.41) is 5.73. The molecule has 0 unspecified atom stereocenters. The number of rotatable bonds is 9. The maximum atomic E-state index is 13.3. The number of amides is 3. The number of carbonyl (C=O) groups excluding carboxylic acids is 2. The summed E-state index contributed by atoms with van der Waals surface area (Å²) in [4.78, 5) is 32.4. The normalized spacial score (nSPS) is 11.2. The Labute approximate surface area is 244 Å². The molecule has 1 heterocycles. The van der Waals surface area contributed by atoms with Crippen molar-refractivity contribution < 1.29 is 18.0 Å². The highest BCUT2D eigenvalue weighted by atomic mass is 32.2. The van der Waals surface area contributed by atoms with Crippen LogP contribution in [0, 0.1) is 0 Å². The molecule has 0 radical (unpaired) electrons. The molecule has 5 rings (SSSR count). The van der Waals surface area contributed by atoms with Gasteiger partial charge in [-0.05, 0) is 67.1 Å². The molecule has 0 saturated heterocycles. The third kappa shape index (κ3) is 6.26. The molecule has 3 N–H and O–H groups in total. The summed E-state index contributed by atoms with van der Waals surface area (Å²) in [5.74, 6) is -0.0938. The average molecular weight is 583 g/mol. The summed E-state index contributed by atoms with van der Waals surface area (Å²) in [6.45, 7) is 2.63. The van der Waals surface area contributed by atoms with Crippen molar-refractivity contribution in [2.45, 2.75) is 24.8 Å². The molecule has 10 nitrogen and oxygen atoms in total. The number of nitrogens with zero attached hydrogens (tertiary/aromatic N) is 3. The van der Waals surface area contributed by atoms with Crippen molar-refractivity contribution in [2.24, 2.45) is 0 Å². The predicted molar refractivity (Wildman–Crippen MR) is 166 cm³/mol. The Morgan fingerprint density at radius 1 is 0.833 bits per heavy atom. The number of para-hydroxylation sites is 1. The minimum atomic E-state index is -3.81. The van der Waals surface area contributed by atoms with Crippen LogP contribution in [0.1, 0.15) is 23.7 Å². The fourth-order valence-corrected chi connectivity index (χ4v) is 5.50. The number of imidazole rings is 1. The van der Waals surface area contributed by atoms with Crippen LogP contribution in [0.5, 0.6) is 0 Å². The number of carbonyl (C=O) groups is 2. The number of aromatic nitrogens is 2. The number of hydrogen-bond acceptors (Lipinski definition) is 5. The summed E-state index contributed by atoms with van der Waals surface area (Å²) in [7, 11) is -2.14. The number of benzene rings is 4. The largest absolute Gasteiger partial charge is 0.326 e. The van der Waals surface area contributed by atoms with Crippen LogP contribution in [0.4, 0.5) is 27.8 Å². The van der Waals surface area contributed by atoms with E-state index in [-0.39, 0.29) is 22.2 Å². The lowest BCUT2D eigenvalue weighted by atomic mass is 10.2. The Hall–Kier alpha value is -5.16. The van der Waals surface area contributed by atoms with Gasteiger partial charge in [0.15, 0.2) is 0 Å². The van der Waals surface area contributed by atoms with E-state index in [0.29, 0.717) is 29.4 Å². The van der Waals surface area contributed by atoms with E-state index in [1.807, 2.05) is 54.0 Å². The fraction of sp³-hybridized carbons (Fsp3) is 0.129. The van der Waals surface area contributed by atoms with Crippen LogP contribution < -0.4 is 20.3 Å². The number of anilines is 4. The lowest BCUT2D eigenvalue weighted by Crippen LogP contribution is -2.31. The standard InChI is InChI=1S/C31H30N6O4S/c1-3-19-37-28-18-17-25(36(2)31(39)32-23-12-6-4-7-13-23)21-27(28)33-30(37)34-29(38)22-11-10-14-24(20-22)35-42(40,41)26-15-8-5-9-16-26/h4-18,20-21,35H,3,19H2,1-2H3,(H,32,39)(H,33,34,38). The molecule has 5 aromatic rings. The van der Waals surface area contributed by atoms with E-state index in [9.17, 15) is 18.0 Å². The molecule has 11 heteroatoms. The summed E-state index contributed by atoms with van der Waals surface area (Å²) in [6.07, 6.45) is 0.798. The van der Waals surface area contributed by atoms with Crippen LogP contribution in [0.25, 0.3) is 11.0 Å². The molecular formula is C31H30N6O4S. The van der Waals surface area contributed by atoms with Crippen molar-refractivity contribution in [2.75, 3.05) is 27.3 Å². The van der Waals surface area contributed by atoms with E-state index in [1.165, 1.54) is 23.1 Å². The van der Waals surface area contributed by atoms with E-state index in [0.717, 1.165) is 11.9 Å². The Bertz CT molecular complexity index is 1840. The number of nitrogens with one attached hydrogen (secondary N) is 3. The first-order valence-electron chi connectivity index (χ1n) is 13.3. The zero-order valence-electron chi connectivity index (χ0n) is 23.1. The van der Waals surface area contributed by atoms with Crippen LogP contribution in [0.3, 0.4) is 0 Å². The highest BCUT2D eigenvalue weighted by molar-refractivity contribution is 7.92. The van der Waals surface area contributed by atoms with Crippen molar-refractivity contribution in [1.82, 2.24) is 9.55 Å². The predicted octanol–water partition coefficient (Wildman–Crippen LogP) is 6.17. The van der Waals surface area contributed by atoms with Gasteiger partial charge in [0, 0.05) is 36.2 Å². The van der Waals surface area contributed by atoms with Crippen molar-refractivity contribution in [3.8, 4) is 0 Å². The Balaban J connectivity index is 1.36. The van der Waals surface area contributed by atoms with Crippen molar-refractivity contribution in [3.05, 3.63) is 109 Å². The van der Waals surface area contributed by atoms with Crippen molar-refractivity contribution in [1.29, 1.82) is 0 Å². The molecule has 0 aliphatic rings. The Morgan fingerprint density at radius 2 is 1.52 bits per heavy atom. The van der Waals surface area contributed by atoms with Gasteiger partial charge in [-0.25, -0.2) is 18.2 Å². The van der Waals surface area contributed by atoms with Gasteiger partial charge in [-0.3, -0.25) is 19.7 Å². The Kier molecular flexibility index (Phi) is 8.21. The van der Waals surface area contributed by atoms with Gasteiger partial charge in [0.2, 0.25) is 5.95 Å². The van der Waals surface area contributed by atoms with E-state index >= 15 is 0 Å². The van der Waals surface area contributed by atoms with Crippen molar-refractivity contribution in [3.63, 3.8) is 0 Å². The number of hydrogen-bond donors (Lipinski definition) is 3. The molecule has 0 aliphatic heterocycles. The summed E-state index contributed by atoms with van der Waals surface area (Å²) in [6, 6.07) is 28.6. The van der Waals surface area contributed by atoms with Gasteiger partial charge in [-0.2, -0.15) is 0 Å². The molecule has 0 aliphatic carbocycles. The average Bonchev–Trinajstić information content (AvgIpc) is 3.33. The van der Waals surface area contributed by atoms with Gasteiger partial charge >= 0.3 is 6.03 Å². The molecular weight excluding hydrogens is 552 g/mol. The maximum absolute atomic E-state index is 13.3. The zero-order chi connectivity index (χ0) is 29.7. The molecule has 0 fully saturated rings. The number of aryl methyl sites for hydroxylation is 1. The van der Waals surface area contributed by atoms with E-state index < -0.39 is 15.9 Å². The first kappa shape index (κ1) is 28.4. The molecule has 1 aromatic heterocycles. The minimum absolute atomic E-state index is 0.121.